The molecule has 3 rings (SSSR count). The van der Waals surface area contributed by atoms with Gasteiger partial charge in [-0.1, -0.05) is 49.1 Å². The van der Waals surface area contributed by atoms with Crippen LogP contribution in [0.3, 0.4) is 0 Å². The van der Waals surface area contributed by atoms with Crippen LogP contribution in [0.5, 0.6) is 0 Å². The van der Waals surface area contributed by atoms with E-state index in [4.69, 9.17) is 4.42 Å². The Kier molecular flexibility index (Phi) is 3.18. The minimum absolute atomic E-state index is 0.591. The Balaban J connectivity index is 1.93. The summed E-state index contributed by atoms with van der Waals surface area (Å²) in [7, 11) is 0. The highest BCUT2D eigenvalue weighted by Crippen LogP contribution is 2.37. The summed E-state index contributed by atoms with van der Waals surface area (Å²) in [6, 6.07) is 8.51. The molecule has 1 fully saturated rings. The largest absolute Gasteiger partial charge is 0.443 e. The van der Waals surface area contributed by atoms with E-state index in [2.05, 4.69) is 36.2 Å². The molecule has 0 amide bonds. The van der Waals surface area contributed by atoms with Gasteiger partial charge in [-0.2, -0.15) is 0 Å². The van der Waals surface area contributed by atoms with Gasteiger partial charge >= 0.3 is 0 Å². The standard InChI is InChI=1S/C16H19NO/c1-12-7-9-14(10-8-12)16-15(17-11-18-16)13-5-3-2-4-6-13/h7-11,13H,2-6H2,1H3. The van der Waals surface area contributed by atoms with E-state index in [0.717, 1.165) is 11.3 Å². The van der Waals surface area contributed by atoms with Crippen molar-refractivity contribution >= 4 is 0 Å². The van der Waals surface area contributed by atoms with E-state index in [0.29, 0.717) is 5.92 Å². The normalized spacial score (nSPS) is 16.9. The summed E-state index contributed by atoms with van der Waals surface area (Å²) in [5.41, 5.74) is 3.59. The molecule has 0 spiro atoms. The van der Waals surface area contributed by atoms with Crippen LogP contribution in [-0.4, -0.2) is 4.98 Å². The predicted molar refractivity (Wildman–Crippen MR) is 72.5 cm³/mol. The van der Waals surface area contributed by atoms with Crippen molar-refractivity contribution in [3.05, 3.63) is 41.9 Å². The number of aryl methyl sites for hydroxylation is 1. The molecule has 94 valence electrons. The van der Waals surface area contributed by atoms with Crippen molar-refractivity contribution in [2.75, 3.05) is 0 Å². The first-order chi connectivity index (χ1) is 8.84. The van der Waals surface area contributed by atoms with Crippen molar-refractivity contribution < 1.29 is 4.42 Å². The Hall–Kier alpha value is -1.57. The van der Waals surface area contributed by atoms with E-state index in [-0.39, 0.29) is 0 Å². The van der Waals surface area contributed by atoms with Crippen LogP contribution in [0.4, 0.5) is 0 Å². The van der Waals surface area contributed by atoms with Gasteiger partial charge in [-0.25, -0.2) is 4.98 Å². The van der Waals surface area contributed by atoms with Crippen molar-refractivity contribution in [3.8, 4) is 11.3 Å². The lowest BCUT2D eigenvalue weighted by Gasteiger charge is -2.20. The van der Waals surface area contributed by atoms with Gasteiger partial charge in [-0.05, 0) is 19.8 Å². The average molecular weight is 241 g/mol. The highest BCUT2D eigenvalue weighted by atomic mass is 16.3. The number of hydrogen-bond acceptors (Lipinski definition) is 2. The molecule has 1 saturated carbocycles. The second-order valence-corrected chi connectivity index (χ2v) is 5.27. The van der Waals surface area contributed by atoms with E-state index in [9.17, 15) is 0 Å². The molecule has 1 aromatic carbocycles. The number of hydrogen-bond donors (Lipinski definition) is 0. The molecular weight excluding hydrogens is 222 g/mol. The molecule has 1 heterocycles. The van der Waals surface area contributed by atoms with Gasteiger partial charge < -0.3 is 4.42 Å². The summed E-state index contributed by atoms with van der Waals surface area (Å²) in [6.45, 7) is 2.10. The lowest BCUT2D eigenvalue weighted by atomic mass is 9.85. The summed E-state index contributed by atoms with van der Waals surface area (Å²) in [4.78, 5) is 4.47. The van der Waals surface area contributed by atoms with Gasteiger partial charge in [-0.3, -0.25) is 0 Å². The van der Waals surface area contributed by atoms with Crippen LogP contribution in [0.2, 0.25) is 0 Å². The summed E-state index contributed by atoms with van der Waals surface area (Å²) in [5.74, 6) is 1.57. The van der Waals surface area contributed by atoms with E-state index >= 15 is 0 Å². The fraction of sp³-hybridized carbons (Fsp3) is 0.438. The number of oxazole rings is 1. The molecule has 2 heteroatoms. The second-order valence-electron chi connectivity index (χ2n) is 5.27. The summed E-state index contributed by atoms with van der Waals surface area (Å²) >= 11 is 0. The van der Waals surface area contributed by atoms with Crippen molar-refractivity contribution in [3.63, 3.8) is 0 Å². The molecule has 0 radical (unpaired) electrons. The van der Waals surface area contributed by atoms with Crippen molar-refractivity contribution in [2.45, 2.75) is 44.9 Å². The molecule has 1 aromatic heterocycles. The van der Waals surface area contributed by atoms with Gasteiger partial charge in [0.1, 0.15) is 0 Å². The molecule has 0 atom stereocenters. The fourth-order valence-corrected chi connectivity index (χ4v) is 2.84. The van der Waals surface area contributed by atoms with Gasteiger partial charge in [0, 0.05) is 11.5 Å². The molecule has 0 saturated heterocycles. The summed E-state index contributed by atoms with van der Waals surface area (Å²) in [5, 5.41) is 0. The molecule has 2 nitrogen and oxygen atoms in total. The maximum absolute atomic E-state index is 5.63. The first-order valence-corrected chi connectivity index (χ1v) is 6.85. The maximum atomic E-state index is 5.63. The van der Waals surface area contributed by atoms with Crippen LogP contribution in [0.15, 0.2) is 35.1 Å². The Morgan fingerprint density at radius 2 is 1.78 bits per heavy atom. The van der Waals surface area contributed by atoms with E-state index < -0.39 is 0 Å². The first kappa shape index (κ1) is 11.5. The summed E-state index contributed by atoms with van der Waals surface area (Å²) < 4.78 is 5.63. The molecule has 0 N–H and O–H groups in total. The van der Waals surface area contributed by atoms with Gasteiger partial charge in [0.25, 0.3) is 0 Å². The molecule has 2 aromatic rings. The monoisotopic (exact) mass is 241 g/mol. The van der Waals surface area contributed by atoms with Crippen molar-refractivity contribution in [1.29, 1.82) is 0 Å². The number of rotatable bonds is 2. The number of nitrogens with zero attached hydrogens (tertiary/aromatic N) is 1. The molecular formula is C16H19NO. The van der Waals surface area contributed by atoms with E-state index in [1.165, 1.54) is 43.4 Å². The Bertz CT molecular complexity index is 506. The minimum atomic E-state index is 0.591. The van der Waals surface area contributed by atoms with E-state index in [1.807, 2.05) is 0 Å². The van der Waals surface area contributed by atoms with Gasteiger partial charge in [-0.15, -0.1) is 0 Å². The Morgan fingerprint density at radius 3 is 2.50 bits per heavy atom. The molecule has 0 aliphatic heterocycles. The lowest BCUT2D eigenvalue weighted by molar-refractivity contribution is 0.437. The maximum Gasteiger partial charge on any atom is 0.181 e. The number of benzene rings is 1. The fourth-order valence-electron chi connectivity index (χ4n) is 2.84. The molecule has 1 aliphatic rings. The predicted octanol–water partition coefficient (Wildman–Crippen LogP) is 4.70. The number of aromatic nitrogens is 1. The van der Waals surface area contributed by atoms with Crippen LogP contribution in [0.25, 0.3) is 11.3 Å². The zero-order valence-corrected chi connectivity index (χ0v) is 10.9. The summed E-state index contributed by atoms with van der Waals surface area (Å²) in [6.07, 6.45) is 8.12. The highest BCUT2D eigenvalue weighted by Gasteiger charge is 2.22. The van der Waals surface area contributed by atoms with Crippen molar-refractivity contribution in [1.82, 2.24) is 4.98 Å². The molecule has 0 bridgehead atoms. The zero-order chi connectivity index (χ0) is 12.4. The van der Waals surface area contributed by atoms with Crippen LogP contribution in [-0.2, 0) is 0 Å². The van der Waals surface area contributed by atoms with Crippen LogP contribution < -0.4 is 0 Å². The Morgan fingerprint density at radius 1 is 1.06 bits per heavy atom. The lowest BCUT2D eigenvalue weighted by Crippen LogP contribution is -2.05. The molecule has 1 aliphatic carbocycles. The van der Waals surface area contributed by atoms with Gasteiger partial charge in [0.15, 0.2) is 12.2 Å². The quantitative estimate of drug-likeness (QED) is 0.761. The topological polar surface area (TPSA) is 26.0 Å². The Labute approximate surface area is 108 Å². The third kappa shape index (κ3) is 2.20. The van der Waals surface area contributed by atoms with Gasteiger partial charge in [0.05, 0.1) is 5.69 Å². The average Bonchev–Trinajstić information content (AvgIpc) is 2.90. The molecule has 18 heavy (non-hydrogen) atoms. The van der Waals surface area contributed by atoms with Crippen molar-refractivity contribution in [2.24, 2.45) is 0 Å². The van der Waals surface area contributed by atoms with Gasteiger partial charge in [0.2, 0.25) is 0 Å². The van der Waals surface area contributed by atoms with Crippen LogP contribution >= 0.6 is 0 Å². The highest BCUT2D eigenvalue weighted by molar-refractivity contribution is 5.60. The third-order valence-corrected chi connectivity index (χ3v) is 3.90. The SMILES string of the molecule is Cc1ccc(-c2ocnc2C2CCCCC2)cc1. The minimum Gasteiger partial charge on any atom is -0.443 e. The smallest absolute Gasteiger partial charge is 0.181 e. The second kappa shape index (κ2) is 4.97. The van der Waals surface area contributed by atoms with E-state index in [1.54, 1.807) is 6.39 Å². The third-order valence-electron chi connectivity index (χ3n) is 3.90. The van der Waals surface area contributed by atoms with Crippen LogP contribution in [0.1, 0.15) is 49.3 Å². The molecule has 0 unspecified atom stereocenters. The first-order valence-electron chi connectivity index (χ1n) is 6.85. The zero-order valence-electron chi connectivity index (χ0n) is 10.9. The van der Waals surface area contributed by atoms with Crippen LogP contribution in [0, 0.1) is 6.92 Å².